The highest BCUT2D eigenvalue weighted by atomic mass is 35.5. The van der Waals surface area contributed by atoms with Crippen molar-refractivity contribution >= 4 is 58.5 Å². The quantitative estimate of drug-likeness (QED) is 0.162. The lowest BCUT2D eigenvalue weighted by Crippen LogP contribution is -2.46. The number of urea groups is 1. The predicted molar refractivity (Wildman–Crippen MR) is 210 cm³/mol. The molecule has 2 aliphatic heterocycles. The minimum atomic E-state index is -0.785. The monoisotopic (exact) mass is 757 g/mol. The zero-order chi connectivity index (χ0) is 38.6. The zero-order valence-corrected chi connectivity index (χ0v) is 31.4. The first-order valence-electron chi connectivity index (χ1n) is 17.9. The zero-order valence-electron chi connectivity index (χ0n) is 30.6. The second-order valence-electron chi connectivity index (χ2n) is 13.8. The fourth-order valence-corrected chi connectivity index (χ4v) is 6.91. The second kappa shape index (κ2) is 15.9. The Morgan fingerprint density at radius 3 is 2.15 bits per heavy atom. The number of nitrogens with zero attached hydrogens (tertiary/aromatic N) is 6. The van der Waals surface area contributed by atoms with Crippen molar-refractivity contribution < 1.29 is 19.2 Å². The standard InChI is InChI=1S/C41H40ClN9O4/c1-25-9-13-29(17-35(25)51-22-30-20-46-40(48-36(30)49(3)41(51)55)47-32-16-10-26(2)43-21-32)39(54)50-23-33(37(52)44-18-27-7-5-4-6-8-27)34(24-50)38(53)45-19-28-11-14-31(42)15-12-28/h4-17,20-21,33-34H,18-19,22-24H2,1-3H3,(H,44,52)(H,45,53)(H,46,47,48)/t33-,34-/m1/s1. The molecule has 13 nitrogen and oxygen atoms in total. The van der Waals surface area contributed by atoms with Crippen LogP contribution in [0.3, 0.4) is 0 Å². The molecule has 0 spiro atoms. The van der Waals surface area contributed by atoms with Gasteiger partial charge in [-0.3, -0.25) is 29.2 Å². The van der Waals surface area contributed by atoms with Gasteiger partial charge in [0.2, 0.25) is 17.8 Å². The van der Waals surface area contributed by atoms with Crippen molar-refractivity contribution in [2.24, 2.45) is 11.8 Å². The summed E-state index contributed by atoms with van der Waals surface area (Å²) in [7, 11) is 1.65. The van der Waals surface area contributed by atoms with Gasteiger partial charge in [0.05, 0.1) is 30.3 Å². The second-order valence-corrected chi connectivity index (χ2v) is 14.2. The van der Waals surface area contributed by atoms with Crippen molar-refractivity contribution in [1.82, 2.24) is 30.5 Å². The van der Waals surface area contributed by atoms with Gasteiger partial charge in [0.25, 0.3) is 5.91 Å². The predicted octanol–water partition coefficient (Wildman–Crippen LogP) is 5.78. The van der Waals surface area contributed by atoms with Crippen LogP contribution in [-0.2, 0) is 29.2 Å². The number of pyridine rings is 1. The molecule has 2 atom stereocenters. The third-order valence-electron chi connectivity index (χ3n) is 9.89. The number of halogens is 1. The van der Waals surface area contributed by atoms with E-state index in [0.29, 0.717) is 34.6 Å². The van der Waals surface area contributed by atoms with Gasteiger partial charge in [-0.15, -0.1) is 0 Å². The average Bonchev–Trinajstić information content (AvgIpc) is 3.65. The minimum absolute atomic E-state index is 0.0447. The SMILES string of the molecule is Cc1ccc(Nc2ncc3c(n2)N(C)C(=O)N(c2cc(C(=O)N4C[C@@H](C(=O)NCc5ccccc5)[C@H](C(=O)NCc5ccc(Cl)cc5)C4)ccc2C)C3)cn1. The number of amides is 5. The summed E-state index contributed by atoms with van der Waals surface area (Å²) in [4.78, 5) is 73.3. The van der Waals surface area contributed by atoms with Gasteiger partial charge in [0, 0.05) is 67.0 Å². The number of hydrogen-bond donors (Lipinski definition) is 3. The van der Waals surface area contributed by atoms with Gasteiger partial charge < -0.3 is 20.9 Å². The molecule has 0 aliphatic carbocycles. The summed E-state index contributed by atoms with van der Waals surface area (Å²) < 4.78 is 0. The van der Waals surface area contributed by atoms with Gasteiger partial charge in [0.1, 0.15) is 5.82 Å². The first kappa shape index (κ1) is 37.0. The molecule has 1 saturated heterocycles. The molecule has 0 bridgehead atoms. The van der Waals surface area contributed by atoms with Crippen LogP contribution in [0.4, 0.5) is 27.9 Å². The van der Waals surface area contributed by atoms with E-state index < -0.39 is 11.8 Å². The number of nitrogens with one attached hydrogen (secondary N) is 3. The third-order valence-corrected chi connectivity index (χ3v) is 10.1. The highest BCUT2D eigenvalue weighted by Crippen LogP contribution is 2.34. The summed E-state index contributed by atoms with van der Waals surface area (Å²) in [6.45, 7) is 4.59. The molecule has 280 valence electrons. The molecule has 2 aliphatic rings. The number of hydrogen-bond acceptors (Lipinski definition) is 8. The van der Waals surface area contributed by atoms with Gasteiger partial charge >= 0.3 is 6.03 Å². The molecular formula is C41H40ClN9O4. The fourth-order valence-electron chi connectivity index (χ4n) is 6.78. The van der Waals surface area contributed by atoms with Gasteiger partial charge in [-0.25, -0.2) is 9.78 Å². The van der Waals surface area contributed by atoms with Crippen LogP contribution in [0.2, 0.25) is 5.02 Å². The summed E-state index contributed by atoms with van der Waals surface area (Å²) in [5.41, 5.74) is 5.76. The van der Waals surface area contributed by atoms with E-state index >= 15 is 0 Å². The largest absolute Gasteiger partial charge is 0.352 e. The Morgan fingerprint density at radius 1 is 0.818 bits per heavy atom. The van der Waals surface area contributed by atoms with E-state index in [1.54, 1.807) is 59.6 Å². The smallest absolute Gasteiger partial charge is 0.330 e. The first-order chi connectivity index (χ1) is 26.5. The molecule has 7 rings (SSSR count). The van der Waals surface area contributed by atoms with Crippen molar-refractivity contribution in [3.63, 3.8) is 0 Å². The number of carbonyl (C=O) groups excluding carboxylic acids is 4. The van der Waals surface area contributed by atoms with Crippen molar-refractivity contribution in [3.05, 3.63) is 136 Å². The van der Waals surface area contributed by atoms with Crippen LogP contribution in [0, 0.1) is 25.7 Å². The van der Waals surface area contributed by atoms with Crippen LogP contribution >= 0.6 is 11.6 Å². The lowest BCUT2D eigenvalue weighted by atomic mass is 9.94. The Balaban J connectivity index is 1.09. The lowest BCUT2D eigenvalue weighted by Gasteiger charge is -2.35. The summed E-state index contributed by atoms with van der Waals surface area (Å²) >= 11 is 6.03. The van der Waals surface area contributed by atoms with Crippen LogP contribution in [0.25, 0.3) is 0 Å². The van der Waals surface area contributed by atoms with Crippen LogP contribution < -0.4 is 25.8 Å². The van der Waals surface area contributed by atoms with E-state index in [2.05, 4.69) is 30.9 Å². The third kappa shape index (κ3) is 8.26. The van der Waals surface area contributed by atoms with E-state index in [9.17, 15) is 19.2 Å². The summed E-state index contributed by atoms with van der Waals surface area (Å²) in [6.07, 6.45) is 3.37. The molecular weight excluding hydrogens is 718 g/mol. The van der Waals surface area contributed by atoms with Gasteiger partial charge in [-0.1, -0.05) is 60.1 Å². The topological polar surface area (TPSA) is 153 Å². The average molecular weight is 758 g/mol. The number of carbonyl (C=O) groups is 4. The van der Waals surface area contributed by atoms with Crippen molar-refractivity contribution in [2.75, 3.05) is 35.3 Å². The molecule has 5 aromatic rings. The first-order valence-corrected chi connectivity index (χ1v) is 18.3. The van der Waals surface area contributed by atoms with Crippen molar-refractivity contribution in [3.8, 4) is 0 Å². The van der Waals surface area contributed by atoms with Crippen molar-refractivity contribution in [2.45, 2.75) is 33.5 Å². The molecule has 3 N–H and O–H groups in total. The van der Waals surface area contributed by atoms with E-state index in [0.717, 1.165) is 33.6 Å². The molecule has 14 heteroatoms. The Kier molecular flexibility index (Phi) is 10.7. The minimum Gasteiger partial charge on any atom is -0.352 e. The molecule has 0 radical (unpaired) electrons. The van der Waals surface area contributed by atoms with E-state index in [4.69, 9.17) is 11.6 Å². The van der Waals surface area contributed by atoms with E-state index in [-0.39, 0.29) is 49.9 Å². The summed E-state index contributed by atoms with van der Waals surface area (Å²) in [6, 6.07) is 25.2. The van der Waals surface area contributed by atoms with Crippen molar-refractivity contribution in [1.29, 1.82) is 0 Å². The highest BCUT2D eigenvalue weighted by Gasteiger charge is 2.44. The van der Waals surface area contributed by atoms with Gasteiger partial charge in [0.15, 0.2) is 0 Å². The van der Waals surface area contributed by atoms with Gasteiger partial charge in [-0.2, -0.15) is 4.98 Å². The molecule has 5 amide bonds. The van der Waals surface area contributed by atoms with E-state index in [1.165, 1.54) is 4.90 Å². The number of likely N-dealkylation sites (tertiary alicyclic amines) is 1. The summed E-state index contributed by atoms with van der Waals surface area (Å²) in [5, 5.41) is 9.63. The van der Waals surface area contributed by atoms with Crippen LogP contribution in [0.1, 0.15) is 38.3 Å². The number of fused-ring (bicyclic) bond motifs is 1. The Labute approximate surface area is 323 Å². The maximum Gasteiger partial charge on any atom is 0.330 e. The molecule has 1 fully saturated rings. The van der Waals surface area contributed by atoms with Gasteiger partial charge in [-0.05, 0) is 66.9 Å². The number of aryl methyl sites for hydroxylation is 2. The number of rotatable bonds is 10. The van der Waals surface area contributed by atoms with Crippen LogP contribution in [-0.4, -0.2) is 63.7 Å². The Hall–Kier alpha value is -6.34. The molecule has 4 heterocycles. The maximum atomic E-state index is 14.2. The molecule has 3 aromatic carbocycles. The molecule has 55 heavy (non-hydrogen) atoms. The Bertz CT molecular complexity index is 2240. The van der Waals surface area contributed by atoms with Crippen LogP contribution in [0.15, 0.2) is 97.3 Å². The normalized spacial score (nSPS) is 16.4. The number of benzene rings is 3. The summed E-state index contributed by atoms with van der Waals surface area (Å²) in [5.74, 6) is -1.75. The number of anilines is 4. The highest BCUT2D eigenvalue weighted by molar-refractivity contribution is 6.30. The number of aromatic nitrogens is 3. The van der Waals surface area contributed by atoms with Crippen LogP contribution in [0.5, 0.6) is 0 Å². The maximum absolute atomic E-state index is 14.2. The Morgan fingerprint density at radius 2 is 1.49 bits per heavy atom. The lowest BCUT2D eigenvalue weighted by molar-refractivity contribution is -0.133. The molecule has 2 aromatic heterocycles. The van der Waals surface area contributed by atoms with E-state index in [1.807, 2.05) is 68.4 Å². The molecule has 0 saturated carbocycles. The molecule has 0 unspecified atom stereocenters. The fraction of sp³-hybridized carbons (Fsp3) is 0.244.